The van der Waals surface area contributed by atoms with E-state index in [1.807, 2.05) is 26.0 Å². The maximum atomic E-state index is 13.1. The Morgan fingerprint density at radius 1 is 1.00 bits per heavy atom. The number of anilines is 2. The van der Waals surface area contributed by atoms with E-state index in [2.05, 4.69) is 11.4 Å². The number of nitrogens with zero attached hydrogens (tertiary/aromatic N) is 1. The standard InChI is InChI=1S/C26H26N2O4S/c1-4-28(22-8-6-5-7-9-22)33(30,31)23-12-10-21(11-13-23)27-25(29)16-20-17-32-24-15-18(2)14-19(3)26(20)24/h5-15,17H,4,16H2,1-3H3,(H,27,29). The Morgan fingerprint density at radius 2 is 1.70 bits per heavy atom. The number of furan rings is 1. The van der Waals surface area contributed by atoms with Gasteiger partial charge in [-0.05, 0) is 74.4 Å². The van der Waals surface area contributed by atoms with Crippen molar-refractivity contribution in [3.05, 3.63) is 89.7 Å². The number of amides is 1. The van der Waals surface area contributed by atoms with Gasteiger partial charge in [0.25, 0.3) is 10.0 Å². The average molecular weight is 463 g/mol. The lowest BCUT2D eigenvalue weighted by Gasteiger charge is -2.23. The van der Waals surface area contributed by atoms with E-state index < -0.39 is 10.0 Å². The molecule has 4 rings (SSSR count). The monoisotopic (exact) mass is 462 g/mol. The summed E-state index contributed by atoms with van der Waals surface area (Å²) in [6, 6.07) is 19.2. The Labute approximate surface area is 193 Å². The lowest BCUT2D eigenvalue weighted by molar-refractivity contribution is -0.115. The van der Waals surface area contributed by atoms with Gasteiger partial charge in [0.1, 0.15) is 5.58 Å². The van der Waals surface area contributed by atoms with Crippen molar-refractivity contribution >= 4 is 38.3 Å². The van der Waals surface area contributed by atoms with Crippen LogP contribution in [0.4, 0.5) is 11.4 Å². The SMILES string of the molecule is CCN(c1ccccc1)S(=O)(=O)c1ccc(NC(=O)Cc2coc3cc(C)cc(C)c23)cc1. The summed E-state index contributed by atoms with van der Waals surface area (Å²) >= 11 is 0. The molecular weight excluding hydrogens is 436 g/mol. The van der Waals surface area contributed by atoms with Crippen LogP contribution in [-0.4, -0.2) is 20.9 Å². The highest BCUT2D eigenvalue weighted by atomic mass is 32.2. The van der Waals surface area contributed by atoms with E-state index in [0.717, 1.165) is 27.7 Å². The van der Waals surface area contributed by atoms with Crippen molar-refractivity contribution < 1.29 is 17.6 Å². The zero-order valence-corrected chi connectivity index (χ0v) is 19.6. The van der Waals surface area contributed by atoms with Gasteiger partial charge in [0, 0.05) is 23.2 Å². The summed E-state index contributed by atoms with van der Waals surface area (Å²) in [6.07, 6.45) is 1.78. The molecule has 170 valence electrons. The molecule has 1 heterocycles. The van der Waals surface area contributed by atoms with Crippen LogP contribution in [0.2, 0.25) is 0 Å². The van der Waals surface area contributed by atoms with Crippen molar-refractivity contribution in [2.45, 2.75) is 32.1 Å². The summed E-state index contributed by atoms with van der Waals surface area (Å²) in [7, 11) is -3.71. The lowest BCUT2D eigenvalue weighted by atomic mass is 10.0. The summed E-state index contributed by atoms with van der Waals surface area (Å²) in [5.41, 5.74) is 4.89. The van der Waals surface area contributed by atoms with Gasteiger partial charge in [0.05, 0.1) is 23.3 Å². The van der Waals surface area contributed by atoms with Gasteiger partial charge in [0.2, 0.25) is 5.91 Å². The fourth-order valence-corrected chi connectivity index (χ4v) is 5.53. The second-order valence-electron chi connectivity index (χ2n) is 7.97. The third kappa shape index (κ3) is 4.64. The molecule has 0 radical (unpaired) electrons. The Kier molecular flexibility index (Phi) is 6.24. The second-order valence-corrected chi connectivity index (χ2v) is 9.83. The summed E-state index contributed by atoms with van der Waals surface area (Å²) < 4.78 is 33.2. The first-order valence-corrected chi connectivity index (χ1v) is 12.2. The van der Waals surface area contributed by atoms with Gasteiger partial charge in [-0.1, -0.05) is 24.3 Å². The normalized spacial score (nSPS) is 11.5. The molecule has 1 aromatic heterocycles. The average Bonchev–Trinajstić information content (AvgIpc) is 3.17. The van der Waals surface area contributed by atoms with E-state index >= 15 is 0 Å². The zero-order chi connectivity index (χ0) is 23.6. The topological polar surface area (TPSA) is 79.6 Å². The number of hydrogen-bond acceptors (Lipinski definition) is 4. The molecule has 33 heavy (non-hydrogen) atoms. The van der Waals surface area contributed by atoms with Gasteiger partial charge < -0.3 is 9.73 Å². The first-order valence-electron chi connectivity index (χ1n) is 10.7. The van der Waals surface area contributed by atoms with E-state index in [1.165, 1.54) is 16.4 Å². The largest absolute Gasteiger partial charge is 0.464 e. The molecule has 0 saturated heterocycles. The molecule has 0 atom stereocenters. The van der Waals surface area contributed by atoms with Crippen LogP contribution in [0.5, 0.6) is 0 Å². The van der Waals surface area contributed by atoms with Crippen molar-refractivity contribution in [1.82, 2.24) is 0 Å². The van der Waals surface area contributed by atoms with Crippen LogP contribution < -0.4 is 9.62 Å². The van der Waals surface area contributed by atoms with Crippen LogP contribution in [0, 0.1) is 13.8 Å². The predicted molar refractivity (Wildman–Crippen MR) is 131 cm³/mol. The van der Waals surface area contributed by atoms with E-state index in [0.29, 0.717) is 17.9 Å². The molecule has 0 aliphatic heterocycles. The number of sulfonamides is 1. The lowest BCUT2D eigenvalue weighted by Crippen LogP contribution is -2.30. The van der Waals surface area contributed by atoms with Gasteiger partial charge in [-0.3, -0.25) is 9.10 Å². The van der Waals surface area contributed by atoms with Gasteiger partial charge in [-0.25, -0.2) is 8.42 Å². The Hall–Kier alpha value is -3.58. The minimum atomic E-state index is -3.71. The molecular formula is C26H26N2O4S. The Morgan fingerprint density at radius 3 is 2.36 bits per heavy atom. The first-order chi connectivity index (χ1) is 15.8. The maximum Gasteiger partial charge on any atom is 0.264 e. The molecule has 6 nitrogen and oxygen atoms in total. The molecule has 0 spiro atoms. The van der Waals surface area contributed by atoms with Crippen molar-refractivity contribution in [3.63, 3.8) is 0 Å². The van der Waals surface area contributed by atoms with Gasteiger partial charge in [-0.15, -0.1) is 0 Å². The van der Waals surface area contributed by atoms with Gasteiger partial charge >= 0.3 is 0 Å². The van der Waals surface area contributed by atoms with E-state index in [4.69, 9.17) is 4.42 Å². The van der Waals surface area contributed by atoms with Gasteiger partial charge in [-0.2, -0.15) is 0 Å². The number of aryl methyl sites for hydroxylation is 2. The number of carbonyl (C=O) groups excluding carboxylic acids is 1. The Balaban J connectivity index is 1.49. The molecule has 3 aromatic carbocycles. The molecule has 0 fully saturated rings. The third-order valence-corrected chi connectivity index (χ3v) is 7.42. The number of para-hydroxylation sites is 1. The van der Waals surface area contributed by atoms with E-state index in [9.17, 15) is 13.2 Å². The predicted octanol–water partition coefficient (Wildman–Crippen LogP) is 5.45. The number of hydrogen-bond donors (Lipinski definition) is 1. The van der Waals surface area contributed by atoms with Crippen LogP contribution in [0.25, 0.3) is 11.0 Å². The summed E-state index contributed by atoms with van der Waals surface area (Å²) in [6.45, 7) is 6.11. The molecule has 0 unspecified atom stereocenters. The van der Waals surface area contributed by atoms with Crippen molar-refractivity contribution in [3.8, 4) is 0 Å². The number of benzene rings is 3. The fraction of sp³-hybridized carbons (Fsp3) is 0.192. The van der Waals surface area contributed by atoms with Crippen molar-refractivity contribution in [2.75, 3.05) is 16.2 Å². The summed E-state index contributed by atoms with van der Waals surface area (Å²) in [5.74, 6) is -0.201. The van der Waals surface area contributed by atoms with Crippen molar-refractivity contribution in [1.29, 1.82) is 0 Å². The highest BCUT2D eigenvalue weighted by molar-refractivity contribution is 7.92. The highest BCUT2D eigenvalue weighted by Gasteiger charge is 2.23. The highest BCUT2D eigenvalue weighted by Crippen LogP contribution is 2.27. The molecule has 7 heteroatoms. The zero-order valence-electron chi connectivity index (χ0n) is 18.8. The Bertz CT molecular complexity index is 1390. The van der Waals surface area contributed by atoms with Crippen LogP contribution in [0.15, 0.2) is 82.3 Å². The molecule has 0 aliphatic carbocycles. The van der Waals surface area contributed by atoms with Gasteiger partial charge in [0.15, 0.2) is 0 Å². The van der Waals surface area contributed by atoms with E-state index in [-0.39, 0.29) is 17.2 Å². The van der Waals surface area contributed by atoms with E-state index in [1.54, 1.807) is 49.6 Å². The number of carbonyl (C=O) groups is 1. The first kappa shape index (κ1) is 22.6. The molecule has 0 aliphatic rings. The van der Waals surface area contributed by atoms with Crippen LogP contribution in [-0.2, 0) is 21.2 Å². The van der Waals surface area contributed by atoms with Crippen LogP contribution in [0.3, 0.4) is 0 Å². The second kappa shape index (κ2) is 9.11. The van der Waals surface area contributed by atoms with Crippen LogP contribution in [0.1, 0.15) is 23.6 Å². The molecule has 4 aromatic rings. The summed E-state index contributed by atoms with van der Waals surface area (Å²) in [5, 5.41) is 3.80. The smallest absolute Gasteiger partial charge is 0.264 e. The van der Waals surface area contributed by atoms with Crippen LogP contribution >= 0.6 is 0 Å². The molecule has 1 amide bonds. The van der Waals surface area contributed by atoms with Crippen molar-refractivity contribution in [2.24, 2.45) is 0 Å². The minimum absolute atomic E-state index is 0.161. The molecule has 1 N–H and O–H groups in total. The fourth-order valence-electron chi connectivity index (χ4n) is 4.06. The maximum absolute atomic E-state index is 13.1. The number of nitrogens with one attached hydrogen (secondary N) is 1. The number of fused-ring (bicyclic) bond motifs is 1. The number of rotatable bonds is 7. The molecule has 0 saturated carbocycles. The minimum Gasteiger partial charge on any atom is -0.464 e. The summed E-state index contributed by atoms with van der Waals surface area (Å²) in [4.78, 5) is 12.8. The molecule has 0 bridgehead atoms. The quantitative estimate of drug-likeness (QED) is 0.396. The third-order valence-electron chi connectivity index (χ3n) is 5.50.